The van der Waals surface area contributed by atoms with Gasteiger partial charge in [-0.15, -0.1) is 0 Å². The number of aryl methyl sites for hydroxylation is 1. The van der Waals surface area contributed by atoms with Gasteiger partial charge in [0, 0.05) is 31.5 Å². The van der Waals surface area contributed by atoms with E-state index in [2.05, 4.69) is 15.6 Å². The minimum absolute atomic E-state index is 0.0910. The monoisotopic (exact) mass is 435 g/mol. The molecular formula is C22H18FN5O4. The van der Waals surface area contributed by atoms with Crippen molar-refractivity contribution in [1.29, 1.82) is 0 Å². The van der Waals surface area contributed by atoms with E-state index in [1.54, 1.807) is 31.3 Å². The van der Waals surface area contributed by atoms with E-state index in [1.807, 2.05) is 0 Å². The van der Waals surface area contributed by atoms with Gasteiger partial charge in [-0.1, -0.05) is 0 Å². The third kappa shape index (κ3) is 3.81. The predicted molar refractivity (Wildman–Crippen MR) is 118 cm³/mol. The molecule has 0 aliphatic heterocycles. The third-order valence-electron chi connectivity index (χ3n) is 4.81. The van der Waals surface area contributed by atoms with Crippen molar-refractivity contribution in [1.82, 2.24) is 14.1 Å². The van der Waals surface area contributed by atoms with Gasteiger partial charge < -0.3 is 20.2 Å². The number of H-pyrrole nitrogens is 1. The highest BCUT2D eigenvalue weighted by molar-refractivity contribution is 6.11. The number of hydrogen-bond acceptors (Lipinski definition) is 4. The van der Waals surface area contributed by atoms with Gasteiger partial charge in [-0.25, -0.2) is 13.8 Å². The Labute approximate surface area is 180 Å². The van der Waals surface area contributed by atoms with Gasteiger partial charge in [0.2, 0.25) is 5.91 Å². The summed E-state index contributed by atoms with van der Waals surface area (Å²) in [6.07, 6.45) is 1.44. The molecule has 4 aromatic rings. The van der Waals surface area contributed by atoms with Crippen LogP contribution in [0.2, 0.25) is 0 Å². The van der Waals surface area contributed by atoms with Crippen molar-refractivity contribution >= 4 is 34.2 Å². The number of nitrogens with one attached hydrogen (secondary N) is 3. The van der Waals surface area contributed by atoms with Crippen LogP contribution in [0.25, 0.3) is 16.7 Å². The van der Waals surface area contributed by atoms with Crippen LogP contribution in [0.5, 0.6) is 0 Å². The molecule has 2 aromatic carbocycles. The predicted octanol–water partition coefficient (Wildman–Crippen LogP) is 2.37. The summed E-state index contributed by atoms with van der Waals surface area (Å²) in [4.78, 5) is 52.2. The molecule has 2 amide bonds. The summed E-state index contributed by atoms with van der Waals surface area (Å²) in [7, 11) is 1.58. The fraction of sp³-hybridized carbons (Fsp3) is 0.0909. The quantitative estimate of drug-likeness (QED) is 0.456. The van der Waals surface area contributed by atoms with Crippen LogP contribution in [-0.2, 0) is 11.8 Å². The molecule has 0 fully saturated rings. The Bertz CT molecular complexity index is 1460. The maximum absolute atomic E-state index is 13.2. The molecule has 162 valence electrons. The number of anilines is 2. The topological polar surface area (TPSA) is 118 Å². The van der Waals surface area contributed by atoms with Crippen molar-refractivity contribution in [2.45, 2.75) is 6.92 Å². The number of amides is 2. The number of fused-ring (bicyclic) bond motifs is 1. The molecule has 0 aliphatic rings. The lowest BCUT2D eigenvalue weighted by atomic mass is 10.2. The van der Waals surface area contributed by atoms with E-state index < -0.39 is 23.0 Å². The van der Waals surface area contributed by atoms with E-state index in [-0.39, 0.29) is 28.2 Å². The lowest BCUT2D eigenvalue weighted by Crippen LogP contribution is -2.34. The molecule has 0 saturated heterocycles. The molecule has 2 aromatic heterocycles. The molecule has 0 bridgehead atoms. The fourth-order valence-electron chi connectivity index (χ4n) is 3.41. The van der Waals surface area contributed by atoms with Crippen molar-refractivity contribution in [2.75, 3.05) is 10.6 Å². The van der Waals surface area contributed by atoms with Gasteiger partial charge in [0.25, 0.3) is 11.5 Å². The highest BCUT2D eigenvalue weighted by Crippen LogP contribution is 2.19. The fourth-order valence-corrected chi connectivity index (χ4v) is 3.41. The number of carbonyl (C=O) groups excluding carboxylic acids is 2. The van der Waals surface area contributed by atoms with E-state index >= 15 is 0 Å². The highest BCUT2D eigenvalue weighted by atomic mass is 19.1. The zero-order chi connectivity index (χ0) is 23.0. The lowest BCUT2D eigenvalue weighted by Gasteiger charge is -2.07. The molecule has 0 atom stereocenters. The standard InChI is InChI=1S/C22H18FN5O4/c1-12(29)24-14-5-7-15(8-6-14)25-20(30)17-11-27(2)19-18(17)26-22(32)28(21(19)31)16-9-3-13(23)4-10-16/h3-11H,1-2H3,(H,24,29)(H,25,30)(H,26,32). The summed E-state index contributed by atoms with van der Waals surface area (Å²) in [5.74, 6) is -1.24. The smallest absolute Gasteiger partial charge is 0.333 e. The molecule has 0 unspecified atom stereocenters. The average molecular weight is 435 g/mol. The zero-order valence-electron chi connectivity index (χ0n) is 17.1. The van der Waals surface area contributed by atoms with Crippen molar-refractivity contribution < 1.29 is 14.0 Å². The Balaban J connectivity index is 1.72. The van der Waals surface area contributed by atoms with E-state index in [0.717, 1.165) is 16.7 Å². The van der Waals surface area contributed by atoms with Crippen molar-refractivity contribution in [2.24, 2.45) is 7.05 Å². The Morgan fingerprint density at radius 2 is 1.53 bits per heavy atom. The minimum atomic E-state index is -0.756. The normalized spacial score (nSPS) is 10.8. The number of carbonyl (C=O) groups is 2. The van der Waals surface area contributed by atoms with Crippen molar-refractivity contribution in [3.63, 3.8) is 0 Å². The van der Waals surface area contributed by atoms with Gasteiger partial charge in [0.1, 0.15) is 11.3 Å². The highest BCUT2D eigenvalue weighted by Gasteiger charge is 2.20. The van der Waals surface area contributed by atoms with Gasteiger partial charge >= 0.3 is 5.69 Å². The van der Waals surface area contributed by atoms with Gasteiger partial charge in [-0.05, 0) is 48.5 Å². The number of aromatic amines is 1. The molecule has 0 spiro atoms. The van der Waals surface area contributed by atoms with Gasteiger partial charge in [-0.2, -0.15) is 0 Å². The molecule has 32 heavy (non-hydrogen) atoms. The van der Waals surface area contributed by atoms with Crippen LogP contribution in [0.3, 0.4) is 0 Å². The van der Waals surface area contributed by atoms with Crippen LogP contribution < -0.4 is 21.9 Å². The van der Waals surface area contributed by atoms with Crippen LogP contribution >= 0.6 is 0 Å². The third-order valence-corrected chi connectivity index (χ3v) is 4.81. The van der Waals surface area contributed by atoms with Crippen molar-refractivity contribution in [3.05, 3.63) is 86.9 Å². The summed E-state index contributed by atoms with van der Waals surface area (Å²) in [6.45, 7) is 1.39. The number of rotatable bonds is 4. The first kappa shape index (κ1) is 20.8. The van der Waals surface area contributed by atoms with Crippen LogP contribution in [0.1, 0.15) is 17.3 Å². The molecule has 0 radical (unpaired) electrons. The summed E-state index contributed by atoms with van der Waals surface area (Å²) in [5, 5.41) is 5.32. The van der Waals surface area contributed by atoms with Crippen molar-refractivity contribution in [3.8, 4) is 5.69 Å². The molecule has 0 aliphatic carbocycles. The SMILES string of the molecule is CC(=O)Nc1ccc(NC(=O)c2cn(C)c3c(=O)n(-c4ccc(F)cc4)c(=O)[nH]c23)cc1. The Morgan fingerprint density at radius 1 is 0.938 bits per heavy atom. The Kier molecular flexibility index (Phi) is 5.19. The molecule has 9 nitrogen and oxygen atoms in total. The molecule has 3 N–H and O–H groups in total. The summed E-state index contributed by atoms with van der Waals surface area (Å²) < 4.78 is 15.6. The zero-order valence-corrected chi connectivity index (χ0v) is 17.1. The van der Waals surface area contributed by atoms with E-state index in [4.69, 9.17) is 0 Å². The maximum atomic E-state index is 13.2. The second kappa shape index (κ2) is 7.99. The number of aromatic nitrogens is 3. The second-order valence-corrected chi connectivity index (χ2v) is 7.14. The number of nitrogens with zero attached hydrogens (tertiary/aromatic N) is 2. The molecule has 2 heterocycles. The number of hydrogen-bond donors (Lipinski definition) is 3. The van der Waals surface area contributed by atoms with Crippen LogP contribution in [0.15, 0.2) is 64.3 Å². The van der Waals surface area contributed by atoms with E-state index in [9.17, 15) is 23.6 Å². The van der Waals surface area contributed by atoms with E-state index in [1.165, 1.54) is 29.8 Å². The maximum Gasteiger partial charge on any atom is 0.333 e. The van der Waals surface area contributed by atoms with Crippen LogP contribution in [-0.4, -0.2) is 25.9 Å². The summed E-state index contributed by atoms with van der Waals surface area (Å²) >= 11 is 0. The first-order chi connectivity index (χ1) is 15.2. The average Bonchev–Trinajstić information content (AvgIpc) is 3.07. The summed E-state index contributed by atoms with van der Waals surface area (Å²) in [6, 6.07) is 11.4. The Hall–Kier alpha value is -4.47. The lowest BCUT2D eigenvalue weighted by molar-refractivity contribution is -0.114. The molecule has 0 saturated carbocycles. The van der Waals surface area contributed by atoms with E-state index in [0.29, 0.717) is 11.4 Å². The van der Waals surface area contributed by atoms with Gasteiger partial charge in [0.05, 0.1) is 16.8 Å². The Morgan fingerprint density at radius 3 is 2.12 bits per heavy atom. The van der Waals surface area contributed by atoms with Crippen LogP contribution in [0.4, 0.5) is 15.8 Å². The first-order valence-corrected chi connectivity index (χ1v) is 9.54. The minimum Gasteiger partial charge on any atom is -0.344 e. The number of halogens is 1. The molecule has 4 rings (SSSR count). The first-order valence-electron chi connectivity index (χ1n) is 9.54. The number of benzene rings is 2. The molecule has 10 heteroatoms. The second-order valence-electron chi connectivity index (χ2n) is 7.14. The van der Waals surface area contributed by atoms with Gasteiger partial charge in [0.15, 0.2) is 0 Å². The molecular weight excluding hydrogens is 417 g/mol. The van der Waals surface area contributed by atoms with Crippen LogP contribution in [0, 0.1) is 5.82 Å². The largest absolute Gasteiger partial charge is 0.344 e. The summed E-state index contributed by atoms with van der Waals surface area (Å²) in [5.41, 5.74) is 0.147. The van der Waals surface area contributed by atoms with Gasteiger partial charge in [-0.3, -0.25) is 14.4 Å².